The molecule has 3 rings (SSSR count). The van der Waals surface area contributed by atoms with Crippen molar-refractivity contribution in [2.75, 3.05) is 6.79 Å². The number of ether oxygens (including phenoxy) is 2. The van der Waals surface area contributed by atoms with Gasteiger partial charge in [-0.1, -0.05) is 35.9 Å². The zero-order chi connectivity index (χ0) is 16.9. The smallest absolute Gasteiger partial charge is 0.271 e. The van der Waals surface area contributed by atoms with Crippen molar-refractivity contribution >= 4 is 17.5 Å². The van der Waals surface area contributed by atoms with Crippen LogP contribution in [0.4, 0.5) is 0 Å². The monoisotopic (exact) mass is 344 g/mol. The second-order valence-electron chi connectivity index (χ2n) is 5.34. The van der Waals surface area contributed by atoms with Gasteiger partial charge in [-0.15, -0.1) is 0 Å². The molecule has 2 aromatic rings. The van der Waals surface area contributed by atoms with Crippen molar-refractivity contribution in [1.82, 2.24) is 10.9 Å². The molecule has 6 heteroatoms. The standard InChI is InChI=1S/C18H17ClN2O3/c1-12(20-21-18(22)14-4-2-3-5-15(14)19)6-7-13-8-9-16-17(10-13)24-11-23-16/h2-6,8-10,20H,7,11H2,1H3,(H,21,22)/b12-6-. The second-order valence-corrected chi connectivity index (χ2v) is 5.75. The molecule has 0 radical (unpaired) electrons. The van der Waals surface area contributed by atoms with Gasteiger partial charge in [-0.05, 0) is 43.2 Å². The predicted octanol–water partition coefficient (Wildman–Crippen LogP) is 3.45. The summed E-state index contributed by atoms with van der Waals surface area (Å²) in [5.41, 5.74) is 7.86. The molecule has 0 saturated heterocycles. The SMILES string of the molecule is C/C(=C/Cc1ccc2c(c1)OCO2)NNC(=O)c1ccccc1Cl. The van der Waals surface area contributed by atoms with E-state index in [1.165, 1.54) is 0 Å². The quantitative estimate of drug-likeness (QED) is 0.816. The first kappa shape index (κ1) is 16.2. The van der Waals surface area contributed by atoms with E-state index in [-0.39, 0.29) is 12.7 Å². The van der Waals surface area contributed by atoms with E-state index >= 15 is 0 Å². The molecule has 1 aliphatic heterocycles. The van der Waals surface area contributed by atoms with Gasteiger partial charge in [0.2, 0.25) is 6.79 Å². The molecule has 1 aliphatic rings. The summed E-state index contributed by atoms with van der Waals surface area (Å²) in [6.07, 6.45) is 2.68. The Labute approximate surface area is 145 Å². The summed E-state index contributed by atoms with van der Waals surface area (Å²) in [7, 11) is 0. The Kier molecular flexibility index (Phi) is 4.91. The molecule has 2 N–H and O–H groups in total. The molecule has 0 aliphatic carbocycles. The average Bonchev–Trinajstić information content (AvgIpc) is 3.06. The first-order valence-electron chi connectivity index (χ1n) is 7.49. The van der Waals surface area contributed by atoms with Gasteiger partial charge in [0.15, 0.2) is 11.5 Å². The fourth-order valence-electron chi connectivity index (χ4n) is 2.26. The van der Waals surface area contributed by atoms with Crippen molar-refractivity contribution in [3.63, 3.8) is 0 Å². The zero-order valence-electron chi connectivity index (χ0n) is 13.1. The molecular weight excluding hydrogens is 328 g/mol. The third kappa shape index (κ3) is 3.81. The van der Waals surface area contributed by atoms with Crippen molar-refractivity contribution in [2.45, 2.75) is 13.3 Å². The normalized spacial score (nSPS) is 12.8. The fourth-order valence-corrected chi connectivity index (χ4v) is 2.48. The van der Waals surface area contributed by atoms with Gasteiger partial charge in [-0.3, -0.25) is 10.2 Å². The summed E-state index contributed by atoms with van der Waals surface area (Å²) < 4.78 is 10.6. The van der Waals surface area contributed by atoms with Crippen LogP contribution < -0.4 is 20.3 Å². The van der Waals surface area contributed by atoms with Crippen LogP contribution in [-0.4, -0.2) is 12.7 Å². The minimum Gasteiger partial charge on any atom is -0.454 e. The number of amides is 1. The Morgan fingerprint density at radius 2 is 1.96 bits per heavy atom. The maximum Gasteiger partial charge on any atom is 0.271 e. The topological polar surface area (TPSA) is 59.6 Å². The van der Waals surface area contributed by atoms with Crippen LogP contribution in [0.15, 0.2) is 54.2 Å². The van der Waals surface area contributed by atoms with Crippen LogP contribution in [0.2, 0.25) is 5.02 Å². The lowest BCUT2D eigenvalue weighted by Crippen LogP contribution is -2.36. The molecular formula is C18H17ClN2O3. The van der Waals surface area contributed by atoms with Crippen molar-refractivity contribution in [2.24, 2.45) is 0 Å². The molecule has 5 nitrogen and oxygen atoms in total. The van der Waals surface area contributed by atoms with Gasteiger partial charge in [0.25, 0.3) is 5.91 Å². The lowest BCUT2D eigenvalue weighted by atomic mass is 10.1. The van der Waals surface area contributed by atoms with Gasteiger partial charge in [-0.2, -0.15) is 0 Å². The average molecular weight is 345 g/mol. The van der Waals surface area contributed by atoms with Gasteiger partial charge in [0, 0.05) is 5.70 Å². The lowest BCUT2D eigenvalue weighted by molar-refractivity contribution is 0.0939. The van der Waals surface area contributed by atoms with E-state index in [0.29, 0.717) is 17.0 Å². The van der Waals surface area contributed by atoms with Crippen LogP contribution in [-0.2, 0) is 6.42 Å². The maximum absolute atomic E-state index is 12.1. The third-order valence-corrected chi connectivity index (χ3v) is 3.90. The van der Waals surface area contributed by atoms with Crippen LogP contribution in [0, 0.1) is 0 Å². The molecule has 124 valence electrons. The minimum atomic E-state index is -0.281. The van der Waals surface area contributed by atoms with Crippen LogP contribution >= 0.6 is 11.6 Å². The number of carbonyl (C=O) groups is 1. The van der Waals surface area contributed by atoms with Crippen LogP contribution in [0.3, 0.4) is 0 Å². The predicted molar refractivity (Wildman–Crippen MR) is 92.1 cm³/mol. The lowest BCUT2D eigenvalue weighted by Gasteiger charge is -2.10. The molecule has 0 spiro atoms. The first-order chi connectivity index (χ1) is 11.6. The van der Waals surface area contributed by atoms with Crippen molar-refractivity contribution in [3.05, 3.63) is 70.4 Å². The van der Waals surface area contributed by atoms with Crippen LogP contribution in [0.1, 0.15) is 22.8 Å². The van der Waals surface area contributed by atoms with E-state index in [4.69, 9.17) is 21.1 Å². The number of benzene rings is 2. The van der Waals surface area contributed by atoms with Crippen molar-refractivity contribution in [3.8, 4) is 11.5 Å². The zero-order valence-corrected chi connectivity index (χ0v) is 13.9. The van der Waals surface area contributed by atoms with E-state index < -0.39 is 0 Å². The first-order valence-corrected chi connectivity index (χ1v) is 7.87. The van der Waals surface area contributed by atoms with Crippen LogP contribution in [0.5, 0.6) is 11.5 Å². The Hall–Kier alpha value is -2.66. The number of hydrogen-bond acceptors (Lipinski definition) is 4. The molecule has 0 saturated carbocycles. The number of nitrogens with one attached hydrogen (secondary N) is 2. The molecule has 0 atom stereocenters. The Morgan fingerprint density at radius 1 is 1.17 bits per heavy atom. The van der Waals surface area contributed by atoms with Crippen molar-refractivity contribution in [1.29, 1.82) is 0 Å². The highest BCUT2D eigenvalue weighted by Gasteiger charge is 2.12. The van der Waals surface area contributed by atoms with Gasteiger partial charge in [0.1, 0.15) is 0 Å². The van der Waals surface area contributed by atoms with E-state index in [1.807, 2.05) is 31.2 Å². The number of halogens is 1. The van der Waals surface area contributed by atoms with E-state index in [1.54, 1.807) is 24.3 Å². The van der Waals surface area contributed by atoms with E-state index in [2.05, 4.69) is 10.9 Å². The molecule has 0 bridgehead atoms. The number of hydrazine groups is 1. The Bertz CT molecular complexity index is 790. The largest absolute Gasteiger partial charge is 0.454 e. The summed E-state index contributed by atoms with van der Waals surface area (Å²) in [4.78, 5) is 12.1. The summed E-state index contributed by atoms with van der Waals surface area (Å²) in [6, 6.07) is 12.7. The molecule has 2 aromatic carbocycles. The maximum atomic E-state index is 12.1. The summed E-state index contributed by atoms with van der Waals surface area (Å²) in [5.74, 6) is 1.25. The molecule has 0 fully saturated rings. The highest BCUT2D eigenvalue weighted by Crippen LogP contribution is 2.32. The fraction of sp³-hybridized carbons (Fsp3) is 0.167. The Balaban J connectivity index is 1.55. The number of rotatable bonds is 5. The molecule has 1 amide bonds. The third-order valence-electron chi connectivity index (χ3n) is 3.57. The number of hydrogen-bond donors (Lipinski definition) is 2. The van der Waals surface area contributed by atoms with Crippen LogP contribution in [0.25, 0.3) is 0 Å². The van der Waals surface area contributed by atoms with E-state index in [0.717, 1.165) is 22.8 Å². The number of allylic oxidation sites excluding steroid dienone is 2. The minimum absolute atomic E-state index is 0.267. The number of carbonyl (C=O) groups excluding carboxylic acids is 1. The van der Waals surface area contributed by atoms with Gasteiger partial charge < -0.3 is 14.9 Å². The van der Waals surface area contributed by atoms with E-state index in [9.17, 15) is 4.79 Å². The van der Waals surface area contributed by atoms with Gasteiger partial charge in [-0.25, -0.2) is 0 Å². The Morgan fingerprint density at radius 3 is 2.79 bits per heavy atom. The summed E-state index contributed by atoms with van der Waals surface area (Å²) in [5, 5.41) is 0.416. The second kappa shape index (κ2) is 7.27. The van der Waals surface area contributed by atoms with Crippen molar-refractivity contribution < 1.29 is 14.3 Å². The number of fused-ring (bicyclic) bond motifs is 1. The van der Waals surface area contributed by atoms with Gasteiger partial charge in [0.05, 0.1) is 10.6 Å². The molecule has 0 unspecified atom stereocenters. The molecule has 0 aromatic heterocycles. The highest BCUT2D eigenvalue weighted by atomic mass is 35.5. The summed E-state index contributed by atoms with van der Waals surface area (Å²) in [6.45, 7) is 2.14. The highest BCUT2D eigenvalue weighted by molar-refractivity contribution is 6.33. The van der Waals surface area contributed by atoms with Gasteiger partial charge >= 0.3 is 0 Å². The molecule has 1 heterocycles. The summed E-state index contributed by atoms with van der Waals surface area (Å²) >= 11 is 6.00. The molecule has 24 heavy (non-hydrogen) atoms.